The van der Waals surface area contributed by atoms with Gasteiger partial charge in [0.15, 0.2) is 0 Å². The second-order valence-electron chi connectivity index (χ2n) is 7.40. The van der Waals surface area contributed by atoms with Gasteiger partial charge in [0.2, 0.25) is 11.8 Å². The molecular formula is C17H29NO2. The predicted molar refractivity (Wildman–Crippen MR) is 79.9 cm³/mol. The zero-order chi connectivity index (χ0) is 14.9. The van der Waals surface area contributed by atoms with Crippen LogP contribution in [0.1, 0.15) is 66.2 Å². The molecule has 1 spiro atoms. The largest absolute Gasteiger partial charge is 0.296 e. The Bertz CT molecular complexity index is 390. The summed E-state index contributed by atoms with van der Waals surface area (Å²) in [6, 6.07) is 0. The summed E-state index contributed by atoms with van der Waals surface area (Å²) in [6.45, 7) is 8.91. The molecule has 2 rings (SSSR count). The number of carbonyl (C=O) groups excluding carboxylic acids is 2. The molecule has 1 saturated heterocycles. The van der Waals surface area contributed by atoms with Crippen LogP contribution in [0.2, 0.25) is 0 Å². The van der Waals surface area contributed by atoms with Gasteiger partial charge in [0, 0.05) is 12.3 Å². The second-order valence-corrected chi connectivity index (χ2v) is 7.40. The van der Waals surface area contributed by atoms with Gasteiger partial charge < -0.3 is 0 Å². The number of hydrogen-bond acceptors (Lipinski definition) is 2. The number of carbonyl (C=O) groups is 2. The molecule has 1 aliphatic heterocycles. The quantitative estimate of drug-likeness (QED) is 0.803. The van der Waals surface area contributed by atoms with Crippen molar-refractivity contribution >= 4 is 11.8 Å². The maximum Gasteiger partial charge on any atom is 0.230 e. The van der Waals surface area contributed by atoms with E-state index in [0.29, 0.717) is 24.2 Å². The Morgan fingerprint density at radius 3 is 2.60 bits per heavy atom. The lowest BCUT2D eigenvalue weighted by Crippen LogP contribution is -2.57. The highest BCUT2D eigenvalue weighted by molar-refractivity contribution is 5.99. The molecule has 0 aromatic rings. The van der Waals surface area contributed by atoms with Crippen LogP contribution >= 0.6 is 0 Å². The molecular weight excluding hydrogens is 250 g/mol. The first-order chi connectivity index (χ1) is 9.40. The highest BCUT2D eigenvalue weighted by atomic mass is 16.2. The Kier molecular flexibility index (Phi) is 4.55. The van der Waals surface area contributed by atoms with Gasteiger partial charge in [0.05, 0.1) is 0 Å². The first-order valence-corrected chi connectivity index (χ1v) is 8.24. The third-order valence-electron chi connectivity index (χ3n) is 5.58. The molecule has 0 radical (unpaired) electrons. The normalized spacial score (nSPS) is 38.4. The van der Waals surface area contributed by atoms with E-state index in [-0.39, 0.29) is 23.1 Å². The van der Waals surface area contributed by atoms with Crippen LogP contribution < -0.4 is 5.32 Å². The van der Waals surface area contributed by atoms with Gasteiger partial charge in [-0.3, -0.25) is 14.9 Å². The Morgan fingerprint density at radius 2 is 2.00 bits per heavy atom. The molecule has 3 nitrogen and oxygen atoms in total. The van der Waals surface area contributed by atoms with Gasteiger partial charge in [-0.1, -0.05) is 40.5 Å². The van der Waals surface area contributed by atoms with E-state index in [2.05, 4.69) is 33.0 Å². The van der Waals surface area contributed by atoms with Crippen molar-refractivity contribution in [2.75, 3.05) is 0 Å². The maximum atomic E-state index is 12.4. The fourth-order valence-corrected chi connectivity index (χ4v) is 4.91. The maximum absolute atomic E-state index is 12.4. The van der Waals surface area contributed by atoms with Crippen molar-refractivity contribution in [1.82, 2.24) is 5.32 Å². The molecule has 20 heavy (non-hydrogen) atoms. The highest BCUT2D eigenvalue weighted by Crippen LogP contribution is 2.56. The highest BCUT2D eigenvalue weighted by Gasteiger charge is 2.54. The van der Waals surface area contributed by atoms with Gasteiger partial charge in [-0.25, -0.2) is 0 Å². The molecule has 2 fully saturated rings. The average Bonchev–Trinajstić information content (AvgIpc) is 2.33. The number of hydrogen-bond donors (Lipinski definition) is 1. The lowest BCUT2D eigenvalue weighted by atomic mass is 9.51. The Morgan fingerprint density at radius 1 is 1.30 bits per heavy atom. The van der Waals surface area contributed by atoms with Crippen LogP contribution in [0.5, 0.6) is 0 Å². The Hall–Kier alpha value is -0.860. The summed E-state index contributed by atoms with van der Waals surface area (Å²) in [6.07, 6.45) is 5.91. The van der Waals surface area contributed by atoms with Gasteiger partial charge in [-0.2, -0.15) is 0 Å². The summed E-state index contributed by atoms with van der Waals surface area (Å²) in [4.78, 5) is 24.5. The van der Waals surface area contributed by atoms with E-state index in [4.69, 9.17) is 0 Å². The van der Waals surface area contributed by atoms with Crippen LogP contribution in [0.25, 0.3) is 0 Å². The van der Waals surface area contributed by atoms with Gasteiger partial charge in [-0.15, -0.1) is 0 Å². The van der Waals surface area contributed by atoms with Gasteiger partial charge >= 0.3 is 0 Å². The smallest absolute Gasteiger partial charge is 0.230 e. The molecule has 4 atom stereocenters. The first kappa shape index (κ1) is 15.5. The fraction of sp³-hybridized carbons (Fsp3) is 0.882. The minimum absolute atomic E-state index is 0.0112. The zero-order valence-corrected chi connectivity index (χ0v) is 13.4. The molecule has 0 aromatic heterocycles. The SMILES string of the molecule is CCCC1C(=O)NC(=O)CC12CC(C)CCC2C(C)C. The lowest BCUT2D eigenvalue weighted by Gasteiger charge is -2.53. The minimum Gasteiger partial charge on any atom is -0.296 e. The predicted octanol–water partition coefficient (Wildman–Crippen LogP) is 3.53. The van der Waals surface area contributed by atoms with Crippen LogP contribution in [0, 0.1) is 29.1 Å². The summed E-state index contributed by atoms with van der Waals surface area (Å²) in [5.41, 5.74) is -0.0821. The van der Waals surface area contributed by atoms with E-state index in [1.807, 2.05) is 0 Å². The summed E-state index contributed by atoms with van der Waals surface area (Å²) >= 11 is 0. The molecule has 1 saturated carbocycles. The lowest BCUT2D eigenvalue weighted by molar-refractivity contribution is -0.152. The number of amides is 2. The monoisotopic (exact) mass is 279 g/mol. The van der Waals surface area contributed by atoms with Crippen molar-refractivity contribution in [3.63, 3.8) is 0 Å². The third kappa shape index (κ3) is 2.64. The van der Waals surface area contributed by atoms with Crippen LogP contribution in [0.15, 0.2) is 0 Å². The molecule has 3 heteroatoms. The molecule has 1 N–H and O–H groups in total. The molecule has 2 amide bonds. The van der Waals surface area contributed by atoms with E-state index >= 15 is 0 Å². The number of rotatable bonds is 3. The van der Waals surface area contributed by atoms with E-state index in [1.54, 1.807) is 0 Å². The molecule has 0 aromatic carbocycles. The zero-order valence-electron chi connectivity index (χ0n) is 13.4. The standard InChI is InChI=1S/C17H29NO2/c1-5-6-14-16(20)18-15(19)10-17(14)9-12(4)7-8-13(17)11(2)3/h11-14H,5-10H2,1-4H3,(H,18,19,20). The summed E-state index contributed by atoms with van der Waals surface area (Å²) in [5.74, 6) is 1.64. The number of imide groups is 1. The van der Waals surface area contributed by atoms with Crippen molar-refractivity contribution < 1.29 is 9.59 Å². The summed E-state index contributed by atoms with van der Waals surface area (Å²) in [7, 11) is 0. The average molecular weight is 279 g/mol. The summed E-state index contributed by atoms with van der Waals surface area (Å²) in [5, 5.41) is 2.58. The summed E-state index contributed by atoms with van der Waals surface area (Å²) < 4.78 is 0. The van der Waals surface area contributed by atoms with Crippen molar-refractivity contribution in [2.45, 2.75) is 66.2 Å². The fourth-order valence-electron chi connectivity index (χ4n) is 4.91. The number of piperidine rings is 1. The van der Waals surface area contributed by atoms with Crippen molar-refractivity contribution in [3.05, 3.63) is 0 Å². The molecule has 114 valence electrons. The molecule has 1 heterocycles. The van der Waals surface area contributed by atoms with E-state index in [9.17, 15) is 9.59 Å². The Balaban J connectivity index is 2.41. The molecule has 1 aliphatic carbocycles. The molecule has 2 aliphatic rings. The third-order valence-corrected chi connectivity index (χ3v) is 5.58. The van der Waals surface area contributed by atoms with Crippen LogP contribution in [-0.4, -0.2) is 11.8 Å². The van der Waals surface area contributed by atoms with Crippen molar-refractivity contribution in [3.8, 4) is 0 Å². The van der Waals surface area contributed by atoms with E-state index in [1.165, 1.54) is 12.8 Å². The van der Waals surface area contributed by atoms with E-state index < -0.39 is 0 Å². The van der Waals surface area contributed by atoms with Gasteiger partial charge in [0.1, 0.15) is 0 Å². The molecule has 0 bridgehead atoms. The van der Waals surface area contributed by atoms with Crippen LogP contribution in [0.4, 0.5) is 0 Å². The topological polar surface area (TPSA) is 46.2 Å². The Labute approximate surface area is 122 Å². The van der Waals surface area contributed by atoms with Crippen LogP contribution in [0.3, 0.4) is 0 Å². The van der Waals surface area contributed by atoms with Crippen LogP contribution in [-0.2, 0) is 9.59 Å². The van der Waals surface area contributed by atoms with Crippen molar-refractivity contribution in [2.24, 2.45) is 29.1 Å². The van der Waals surface area contributed by atoms with Gasteiger partial charge in [-0.05, 0) is 42.4 Å². The number of nitrogens with one attached hydrogen (secondary N) is 1. The second kappa shape index (κ2) is 5.87. The minimum atomic E-state index is -0.0821. The first-order valence-electron chi connectivity index (χ1n) is 8.24. The van der Waals surface area contributed by atoms with Crippen molar-refractivity contribution in [1.29, 1.82) is 0 Å². The molecule has 4 unspecified atom stereocenters. The van der Waals surface area contributed by atoms with Gasteiger partial charge in [0.25, 0.3) is 0 Å². The van der Waals surface area contributed by atoms with E-state index in [0.717, 1.165) is 19.3 Å².